The molecule has 0 aromatic rings. The molecular weight excluding hydrogens is 212 g/mol. The van der Waals surface area contributed by atoms with Gasteiger partial charge in [0.1, 0.15) is 0 Å². The van der Waals surface area contributed by atoms with E-state index in [1.165, 1.54) is 44.9 Å². The standard InChI is InChI=1S/C14H26N2O/c15-10-11-4-3-6-12(11)16-8-9-17-14-7-2-1-5-13(14)16/h11-14H,1-10,15H2. The molecule has 2 saturated carbocycles. The van der Waals surface area contributed by atoms with Gasteiger partial charge in [0.05, 0.1) is 12.7 Å². The zero-order valence-corrected chi connectivity index (χ0v) is 10.8. The average molecular weight is 238 g/mol. The van der Waals surface area contributed by atoms with Crippen LogP contribution in [-0.2, 0) is 4.74 Å². The molecule has 1 aliphatic heterocycles. The second-order valence-electron chi connectivity index (χ2n) is 5.99. The highest BCUT2D eigenvalue weighted by Crippen LogP contribution is 2.36. The van der Waals surface area contributed by atoms with Crippen molar-refractivity contribution in [2.24, 2.45) is 11.7 Å². The summed E-state index contributed by atoms with van der Waals surface area (Å²) in [5.74, 6) is 0.746. The lowest BCUT2D eigenvalue weighted by Gasteiger charge is -2.47. The SMILES string of the molecule is NCC1CCCC1N1CCOC2CCCCC21. The Bertz CT molecular complexity index is 255. The Morgan fingerprint density at radius 3 is 2.71 bits per heavy atom. The number of hydrogen-bond acceptors (Lipinski definition) is 3. The van der Waals surface area contributed by atoms with Crippen LogP contribution in [0.2, 0.25) is 0 Å². The van der Waals surface area contributed by atoms with Gasteiger partial charge < -0.3 is 10.5 Å². The maximum atomic E-state index is 5.97. The minimum absolute atomic E-state index is 0.525. The summed E-state index contributed by atoms with van der Waals surface area (Å²) < 4.78 is 5.97. The number of nitrogens with zero attached hydrogens (tertiary/aromatic N) is 1. The topological polar surface area (TPSA) is 38.5 Å². The van der Waals surface area contributed by atoms with Gasteiger partial charge in [-0.15, -0.1) is 0 Å². The fourth-order valence-electron chi connectivity index (χ4n) is 4.27. The Morgan fingerprint density at radius 2 is 1.82 bits per heavy atom. The smallest absolute Gasteiger partial charge is 0.0731 e. The highest BCUT2D eigenvalue weighted by Gasteiger charge is 2.41. The number of hydrogen-bond donors (Lipinski definition) is 1. The van der Waals surface area contributed by atoms with E-state index in [4.69, 9.17) is 10.5 Å². The van der Waals surface area contributed by atoms with Crippen molar-refractivity contribution < 1.29 is 4.74 Å². The number of morpholine rings is 1. The molecule has 3 heteroatoms. The molecule has 0 aromatic heterocycles. The summed E-state index contributed by atoms with van der Waals surface area (Å²) in [5.41, 5.74) is 5.94. The Hall–Kier alpha value is -0.120. The molecule has 4 unspecified atom stereocenters. The van der Waals surface area contributed by atoms with Gasteiger partial charge in [0.25, 0.3) is 0 Å². The molecule has 2 N–H and O–H groups in total. The van der Waals surface area contributed by atoms with Crippen LogP contribution in [-0.4, -0.2) is 42.8 Å². The zero-order valence-electron chi connectivity index (χ0n) is 10.8. The van der Waals surface area contributed by atoms with Gasteiger partial charge in [-0.25, -0.2) is 0 Å². The Balaban J connectivity index is 1.72. The van der Waals surface area contributed by atoms with Crippen LogP contribution in [0.1, 0.15) is 44.9 Å². The van der Waals surface area contributed by atoms with E-state index in [1.54, 1.807) is 0 Å². The molecule has 3 nitrogen and oxygen atoms in total. The molecule has 0 aromatic carbocycles. The van der Waals surface area contributed by atoms with Gasteiger partial charge in [-0.1, -0.05) is 19.3 Å². The van der Waals surface area contributed by atoms with Crippen LogP contribution in [0.3, 0.4) is 0 Å². The summed E-state index contributed by atoms with van der Waals surface area (Å²) in [5, 5.41) is 0. The van der Waals surface area contributed by atoms with Crippen LogP contribution < -0.4 is 5.73 Å². The largest absolute Gasteiger partial charge is 0.375 e. The van der Waals surface area contributed by atoms with Crippen molar-refractivity contribution in [3.05, 3.63) is 0 Å². The van der Waals surface area contributed by atoms with Crippen LogP contribution in [0.5, 0.6) is 0 Å². The maximum absolute atomic E-state index is 5.97. The molecule has 3 fully saturated rings. The van der Waals surface area contributed by atoms with E-state index in [0.29, 0.717) is 12.1 Å². The van der Waals surface area contributed by atoms with Crippen molar-refractivity contribution in [3.8, 4) is 0 Å². The molecule has 1 heterocycles. The molecule has 1 saturated heterocycles. The Labute approximate surface area is 105 Å². The predicted molar refractivity (Wildman–Crippen MR) is 68.9 cm³/mol. The predicted octanol–water partition coefficient (Wildman–Crippen LogP) is 1.76. The Kier molecular flexibility index (Phi) is 3.69. The molecule has 0 spiro atoms. The lowest BCUT2D eigenvalue weighted by atomic mass is 9.87. The molecule has 0 bridgehead atoms. The van der Waals surface area contributed by atoms with Crippen molar-refractivity contribution in [3.63, 3.8) is 0 Å². The minimum atomic E-state index is 0.525. The summed E-state index contributed by atoms with van der Waals surface area (Å²) >= 11 is 0. The average Bonchev–Trinajstić information content (AvgIpc) is 2.86. The first kappa shape index (κ1) is 11.9. The summed E-state index contributed by atoms with van der Waals surface area (Å²) in [7, 11) is 0. The van der Waals surface area contributed by atoms with Crippen LogP contribution in [0.15, 0.2) is 0 Å². The van der Waals surface area contributed by atoms with Gasteiger partial charge in [0.2, 0.25) is 0 Å². The first-order chi connectivity index (χ1) is 8.40. The summed E-state index contributed by atoms with van der Waals surface area (Å²) in [6.07, 6.45) is 9.99. The fourth-order valence-corrected chi connectivity index (χ4v) is 4.27. The number of ether oxygens (including phenoxy) is 1. The van der Waals surface area contributed by atoms with E-state index in [-0.39, 0.29) is 0 Å². The van der Waals surface area contributed by atoms with Gasteiger partial charge in [-0.3, -0.25) is 4.90 Å². The second kappa shape index (κ2) is 5.25. The molecule has 0 radical (unpaired) electrons. The lowest BCUT2D eigenvalue weighted by molar-refractivity contribution is -0.106. The first-order valence-electron chi connectivity index (χ1n) is 7.47. The van der Waals surface area contributed by atoms with Crippen LogP contribution in [0.25, 0.3) is 0 Å². The highest BCUT2D eigenvalue weighted by atomic mass is 16.5. The summed E-state index contributed by atoms with van der Waals surface area (Å²) in [4.78, 5) is 2.78. The van der Waals surface area contributed by atoms with E-state index in [1.807, 2.05) is 0 Å². The summed E-state index contributed by atoms with van der Waals surface area (Å²) in [6.45, 7) is 2.96. The van der Waals surface area contributed by atoms with Crippen molar-refractivity contribution in [2.75, 3.05) is 19.7 Å². The lowest BCUT2D eigenvalue weighted by Crippen LogP contribution is -2.57. The molecule has 3 aliphatic rings. The third-order valence-electron chi connectivity index (χ3n) is 5.12. The molecule has 0 amide bonds. The van der Waals surface area contributed by atoms with Gasteiger partial charge >= 0.3 is 0 Å². The van der Waals surface area contributed by atoms with Gasteiger partial charge in [-0.2, -0.15) is 0 Å². The normalized spacial score (nSPS) is 43.6. The van der Waals surface area contributed by atoms with Crippen molar-refractivity contribution >= 4 is 0 Å². The van der Waals surface area contributed by atoms with Gasteiger partial charge in [-0.05, 0) is 38.1 Å². The van der Waals surface area contributed by atoms with Crippen LogP contribution >= 0.6 is 0 Å². The van der Waals surface area contributed by atoms with Gasteiger partial charge in [0.15, 0.2) is 0 Å². The molecule has 98 valence electrons. The number of nitrogens with two attached hydrogens (primary N) is 1. The molecule has 4 atom stereocenters. The van der Waals surface area contributed by atoms with Crippen LogP contribution in [0, 0.1) is 5.92 Å². The highest BCUT2D eigenvalue weighted by molar-refractivity contribution is 4.95. The van der Waals surface area contributed by atoms with E-state index >= 15 is 0 Å². The second-order valence-corrected chi connectivity index (χ2v) is 5.99. The van der Waals surface area contributed by atoms with E-state index < -0.39 is 0 Å². The fraction of sp³-hybridized carbons (Fsp3) is 1.00. The number of fused-ring (bicyclic) bond motifs is 1. The van der Waals surface area contributed by atoms with Gasteiger partial charge in [0, 0.05) is 18.6 Å². The molecular formula is C14H26N2O. The number of rotatable bonds is 2. The molecule has 2 aliphatic carbocycles. The molecule has 17 heavy (non-hydrogen) atoms. The van der Waals surface area contributed by atoms with Crippen LogP contribution in [0.4, 0.5) is 0 Å². The van der Waals surface area contributed by atoms with Crippen molar-refractivity contribution in [2.45, 2.75) is 63.1 Å². The quantitative estimate of drug-likeness (QED) is 0.796. The third-order valence-corrected chi connectivity index (χ3v) is 5.12. The van der Waals surface area contributed by atoms with Crippen molar-refractivity contribution in [1.82, 2.24) is 4.90 Å². The molecule has 3 rings (SSSR count). The minimum Gasteiger partial charge on any atom is -0.375 e. The van der Waals surface area contributed by atoms with Crippen molar-refractivity contribution in [1.29, 1.82) is 0 Å². The third kappa shape index (κ3) is 2.25. The first-order valence-corrected chi connectivity index (χ1v) is 7.47. The zero-order chi connectivity index (χ0) is 11.7. The van der Waals surface area contributed by atoms with E-state index in [0.717, 1.165) is 31.7 Å². The van der Waals surface area contributed by atoms with E-state index in [2.05, 4.69) is 4.90 Å². The Morgan fingerprint density at radius 1 is 1.00 bits per heavy atom. The summed E-state index contributed by atoms with van der Waals surface area (Å²) in [6, 6.07) is 1.46. The van der Waals surface area contributed by atoms with E-state index in [9.17, 15) is 0 Å². The maximum Gasteiger partial charge on any atom is 0.0731 e. The monoisotopic (exact) mass is 238 g/mol.